The third-order valence-corrected chi connectivity index (χ3v) is 3.98. The summed E-state index contributed by atoms with van der Waals surface area (Å²) in [6.45, 7) is 0.924. The van der Waals surface area contributed by atoms with Crippen LogP contribution in [0.25, 0.3) is 0 Å². The van der Waals surface area contributed by atoms with E-state index >= 15 is 0 Å². The van der Waals surface area contributed by atoms with Gasteiger partial charge in [-0.2, -0.15) is 0 Å². The van der Waals surface area contributed by atoms with Crippen LogP contribution in [0.15, 0.2) is 36.4 Å². The van der Waals surface area contributed by atoms with Gasteiger partial charge >= 0.3 is 0 Å². The second kappa shape index (κ2) is 9.72. The van der Waals surface area contributed by atoms with Crippen LogP contribution in [-0.2, 0) is 9.59 Å². The standard InChI is InChI=1S/C20H19F3N2O4/c1-3-16(26)12-4-6-13(7-5-12)29-11-18(28)25(2)10-17(27)24-15-9-8-14(21)19(22)20(15)23/h4-9H,3,10-11H2,1-2H3,(H,24,27). The van der Waals surface area contributed by atoms with Crippen molar-refractivity contribution in [3.8, 4) is 5.75 Å². The maximum Gasteiger partial charge on any atom is 0.260 e. The Balaban J connectivity index is 1.86. The van der Waals surface area contributed by atoms with E-state index in [0.29, 0.717) is 23.8 Å². The fourth-order valence-electron chi connectivity index (χ4n) is 2.31. The molecule has 0 aliphatic heterocycles. The van der Waals surface area contributed by atoms with Crippen LogP contribution in [0.5, 0.6) is 5.75 Å². The summed E-state index contributed by atoms with van der Waals surface area (Å²) in [6, 6.07) is 7.82. The quantitative estimate of drug-likeness (QED) is 0.538. The Bertz CT molecular complexity index is 917. The van der Waals surface area contributed by atoms with E-state index in [1.165, 1.54) is 7.05 Å². The van der Waals surface area contributed by atoms with E-state index in [-0.39, 0.29) is 12.4 Å². The highest BCUT2D eigenvalue weighted by molar-refractivity contribution is 5.96. The van der Waals surface area contributed by atoms with Gasteiger partial charge in [-0.15, -0.1) is 0 Å². The Morgan fingerprint density at radius 3 is 2.28 bits per heavy atom. The number of carbonyl (C=O) groups excluding carboxylic acids is 3. The zero-order valence-corrected chi connectivity index (χ0v) is 15.8. The Hall–Kier alpha value is -3.36. The van der Waals surface area contributed by atoms with Crippen molar-refractivity contribution >= 4 is 23.3 Å². The number of hydrogen-bond acceptors (Lipinski definition) is 4. The number of nitrogens with zero attached hydrogens (tertiary/aromatic N) is 1. The summed E-state index contributed by atoms with van der Waals surface area (Å²) in [5.41, 5.74) is -0.00265. The fraction of sp³-hybridized carbons (Fsp3) is 0.250. The molecular formula is C20H19F3N2O4. The Morgan fingerprint density at radius 2 is 1.66 bits per heavy atom. The van der Waals surface area contributed by atoms with Crippen molar-refractivity contribution in [1.29, 1.82) is 0 Å². The summed E-state index contributed by atoms with van der Waals surface area (Å²) in [5.74, 6) is -5.60. The van der Waals surface area contributed by atoms with Gasteiger partial charge in [0.2, 0.25) is 5.91 Å². The average molecular weight is 408 g/mol. The van der Waals surface area contributed by atoms with Crippen molar-refractivity contribution < 1.29 is 32.3 Å². The van der Waals surface area contributed by atoms with Gasteiger partial charge in [-0.25, -0.2) is 13.2 Å². The predicted molar refractivity (Wildman–Crippen MR) is 99.1 cm³/mol. The highest BCUT2D eigenvalue weighted by Crippen LogP contribution is 2.19. The number of carbonyl (C=O) groups is 3. The SMILES string of the molecule is CCC(=O)c1ccc(OCC(=O)N(C)CC(=O)Nc2ccc(F)c(F)c2F)cc1. The third kappa shape index (κ3) is 5.81. The molecule has 29 heavy (non-hydrogen) atoms. The van der Waals surface area contributed by atoms with Gasteiger partial charge in [0.1, 0.15) is 5.75 Å². The molecule has 0 radical (unpaired) electrons. The van der Waals surface area contributed by atoms with Gasteiger partial charge in [-0.3, -0.25) is 14.4 Å². The van der Waals surface area contributed by atoms with Crippen molar-refractivity contribution in [1.82, 2.24) is 4.90 Å². The second-order valence-corrected chi connectivity index (χ2v) is 6.11. The molecular weight excluding hydrogens is 389 g/mol. The van der Waals surface area contributed by atoms with Crippen LogP contribution in [0, 0.1) is 17.5 Å². The van der Waals surface area contributed by atoms with Crippen molar-refractivity contribution in [2.24, 2.45) is 0 Å². The van der Waals surface area contributed by atoms with Crippen LogP contribution >= 0.6 is 0 Å². The van der Waals surface area contributed by atoms with E-state index in [1.807, 2.05) is 0 Å². The van der Waals surface area contributed by atoms with Crippen LogP contribution in [0.3, 0.4) is 0 Å². The smallest absolute Gasteiger partial charge is 0.260 e. The third-order valence-electron chi connectivity index (χ3n) is 3.98. The van der Waals surface area contributed by atoms with Crippen LogP contribution in [0.2, 0.25) is 0 Å². The van der Waals surface area contributed by atoms with E-state index < -0.39 is 41.5 Å². The summed E-state index contributed by atoms with van der Waals surface area (Å²) in [5, 5.41) is 2.07. The molecule has 0 aromatic heterocycles. The maximum atomic E-state index is 13.6. The number of nitrogens with one attached hydrogen (secondary N) is 1. The van der Waals surface area contributed by atoms with E-state index in [2.05, 4.69) is 5.32 Å². The van der Waals surface area contributed by atoms with Crippen molar-refractivity contribution in [2.45, 2.75) is 13.3 Å². The first-order valence-corrected chi connectivity index (χ1v) is 8.66. The number of likely N-dealkylation sites (N-methyl/N-ethyl adjacent to an activating group) is 1. The topological polar surface area (TPSA) is 75.7 Å². The number of rotatable bonds is 8. The summed E-state index contributed by atoms with van der Waals surface area (Å²) in [7, 11) is 1.33. The Kier molecular flexibility index (Phi) is 7.35. The van der Waals surface area contributed by atoms with E-state index in [0.717, 1.165) is 11.0 Å². The Morgan fingerprint density at radius 1 is 1.00 bits per heavy atom. The first-order chi connectivity index (χ1) is 13.7. The molecule has 0 bridgehead atoms. The molecule has 0 aliphatic carbocycles. The molecule has 9 heteroatoms. The highest BCUT2D eigenvalue weighted by atomic mass is 19.2. The lowest BCUT2D eigenvalue weighted by Crippen LogP contribution is -2.37. The number of halogens is 3. The van der Waals surface area contributed by atoms with Crippen LogP contribution in [-0.4, -0.2) is 42.7 Å². The first kappa shape index (κ1) is 21.9. The van der Waals surface area contributed by atoms with Gasteiger partial charge in [0, 0.05) is 19.0 Å². The molecule has 0 saturated carbocycles. The van der Waals surface area contributed by atoms with E-state index in [9.17, 15) is 27.6 Å². The zero-order valence-electron chi connectivity index (χ0n) is 15.8. The van der Waals surface area contributed by atoms with Gasteiger partial charge in [-0.05, 0) is 36.4 Å². The van der Waals surface area contributed by atoms with Crippen molar-refractivity contribution in [3.63, 3.8) is 0 Å². The summed E-state index contributed by atoms with van der Waals surface area (Å²) < 4.78 is 45.0. The summed E-state index contributed by atoms with van der Waals surface area (Å²) >= 11 is 0. The molecule has 0 fully saturated rings. The molecule has 1 N–H and O–H groups in total. The maximum absolute atomic E-state index is 13.6. The van der Waals surface area contributed by atoms with Crippen LogP contribution in [0.1, 0.15) is 23.7 Å². The monoisotopic (exact) mass is 408 g/mol. The summed E-state index contributed by atoms with van der Waals surface area (Å²) in [6.07, 6.45) is 0.375. The minimum absolute atomic E-state index is 0.0177. The van der Waals surface area contributed by atoms with Gasteiger partial charge in [0.15, 0.2) is 29.8 Å². The average Bonchev–Trinajstić information content (AvgIpc) is 2.72. The van der Waals surface area contributed by atoms with E-state index in [1.54, 1.807) is 31.2 Å². The number of ketones is 1. The minimum Gasteiger partial charge on any atom is -0.484 e. The molecule has 0 atom stereocenters. The number of amides is 2. The molecule has 154 valence electrons. The summed E-state index contributed by atoms with van der Waals surface area (Å²) in [4.78, 5) is 36.6. The van der Waals surface area contributed by atoms with E-state index in [4.69, 9.17) is 4.74 Å². The molecule has 0 spiro atoms. The molecule has 2 aromatic rings. The highest BCUT2D eigenvalue weighted by Gasteiger charge is 2.18. The van der Waals surface area contributed by atoms with Crippen LogP contribution < -0.4 is 10.1 Å². The number of anilines is 1. The first-order valence-electron chi connectivity index (χ1n) is 8.66. The lowest BCUT2D eigenvalue weighted by molar-refractivity contribution is -0.135. The molecule has 6 nitrogen and oxygen atoms in total. The lowest BCUT2D eigenvalue weighted by atomic mass is 10.1. The van der Waals surface area contributed by atoms with Gasteiger partial charge in [0.25, 0.3) is 5.91 Å². The van der Waals surface area contributed by atoms with Gasteiger partial charge in [0.05, 0.1) is 12.2 Å². The second-order valence-electron chi connectivity index (χ2n) is 6.11. The Labute approximate surface area is 165 Å². The molecule has 2 amide bonds. The largest absolute Gasteiger partial charge is 0.484 e. The molecule has 2 aromatic carbocycles. The number of Topliss-reactive ketones (excluding diaryl/α,β-unsaturated/α-hetero) is 1. The zero-order chi connectivity index (χ0) is 21.6. The molecule has 0 aliphatic rings. The lowest BCUT2D eigenvalue weighted by Gasteiger charge is -2.17. The molecule has 0 unspecified atom stereocenters. The number of ether oxygens (including phenoxy) is 1. The van der Waals surface area contributed by atoms with Crippen LogP contribution in [0.4, 0.5) is 18.9 Å². The molecule has 0 heterocycles. The predicted octanol–water partition coefficient (Wildman–Crippen LogP) is 3.17. The molecule has 2 rings (SSSR count). The van der Waals surface area contributed by atoms with Crippen molar-refractivity contribution in [2.75, 3.05) is 25.5 Å². The molecule has 0 saturated heterocycles. The minimum atomic E-state index is -1.70. The number of hydrogen-bond donors (Lipinski definition) is 1. The number of benzene rings is 2. The van der Waals surface area contributed by atoms with Gasteiger partial charge < -0.3 is 15.0 Å². The van der Waals surface area contributed by atoms with Crippen molar-refractivity contribution in [3.05, 3.63) is 59.4 Å². The van der Waals surface area contributed by atoms with Gasteiger partial charge in [-0.1, -0.05) is 6.92 Å². The normalized spacial score (nSPS) is 10.4. The fourth-order valence-corrected chi connectivity index (χ4v) is 2.31.